The van der Waals surface area contributed by atoms with Gasteiger partial charge in [0.15, 0.2) is 0 Å². The molecule has 202 valence electrons. The smallest absolute Gasteiger partial charge is 0.335 e. The minimum atomic E-state index is -4.92. The number of nitrogens with zero attached hydrogens (tertiary/aromatic N) is 1. The average molecular weight is 539 g/mol. The van der Waals surface area contributed by atoms with Crippen LogP contribution in [0, 0.1) is 5.82 Å². The van der Waals surface area contributed by atoms with E-state index in [1.807, 2.05) is 0 Å². The molecule has 11 heteroatoms. The number of hydrogen-bond acceptors (Lipinski definition) is 2. The van der Waals surface area contributed by atoms with Crippen LogP contribution in [0.25, 0.3) is 0 Å². The van der Waals surface area contributed by atoms with E-state index in [2.05, 4.69) is 15.6 Å². The Balaban J connectivity index is 1.91. The largest absolute Gasteiger partial charge is 0.433 e. The molecule has 0 bridgehead atoms. The Bertz CT molecular complexity index is 1250. The van der Waals surface area contributed by atoms with Gasteiger partial charge in [0, 0.05) is 24.2 Å². The van der Waals surface area contributed by atoms with Gasteiger partial charge in [0.25, 0.3) is 0 Å². The van der Waals surface area contributed by atoms with Gasteiger partial charge in [-0.05, 0) is 48.2 Å². The van der Waals surface area contributed by atoms with Crippen LogP contribution in [-0.2, 0) is 24.3 Å². The van der Waals surface area contributed by atoms with E-state index in [1.165, 1.54) is 0 Å². The van der Waals surface area contributed by atoms with E-state index in [9.17, 15) is 35.5 Å². The number of amides is 2. The third kappa shape index (κ3) is 6.25. The summed E-state index contributed by atoms with van der Waals surface area (Å²) in [5, 5.41) is 5.49. The molecule has 0 aliphatic heterocycles. The zero-order chi connectivity index (χ0) is 27.6. The molecule has 1 atom stereocenters. The van der Waals surface area contributed by atoms with E-state index in [1.54, 1.807) is 30.3 Å². The van der Waals surface area contributed by atoms with Gasteiger partial charge < -0.3 is 10.6 Å². The second-order valence-electron chi connectivity index (χ2n) is 9.30. The number of nitrogens with one attached hydrogen (secondary N) is 2. The van der Waals surface area contributed by atoms with Gasteiger partial charge in [0.2, 0.25) is 0 Å². The summed E-state index contributed by atoms with van der Waals surface area (Å²) in [5.41, 5.74) is -4.23. The Morgan fingerprint density at radius 3 is 2.08 bits per heavy atom. The van der Waals surface area contributed by atoms with Crippen molar-refractivity contribution in [1.29, 1.82) is 0 Å². The molecule has 3 aromatic rings. The van der Waals surface area contributed by atoms with Gasteiger partial charge in [0.1, 0.15) is 11.5 Å². The van der Waals surface area contributed by atoms with E-state index in [4.69, 9.17) is 0 Å². The second kappa shape index (κ2) is 10.6. The van der Waals surface area contributed by atoms with Crippen LogP contribution in [0.1, 0.15) is 53.6 Å². The fourth-order valence-corrected chi connectivity index (χ4v) is 4.76. The predicted molar refractivity (Wildman–Crippen MR) is 125 cm³/mol. The molecule has 1 saturated carbocycles. The Hall–Kier alpha value is -3.63. The molecule has 1 aliphatic rings. The molecule has 0 saturated heterocycles. The number of benzene rings is 2. The van der Waals surface area contributed by atoms with Crippen molar-refractivity contribution in [2.75, 3.05) is 0 Å². The zero-order valence-electron chi connectivity index (χ0n) is 20.0. The van der Waals surface area contributed by atoms with Crippen molar-refractivity contribution in [3.63, 3.8) is 0 Å². The van der Waals surface area contributed by atoms with E-state index >= 15 is 0 Å². The first kappa shape index (κ1) is 27.4. The van der Waals surface area contributed by atoms with Crippen LogP contribution >= 0.6 is 0 Å². The quantitative estimate of drug-likeness (QED) is 0.332. The molecule has 1 aliphatic carbocycles. The van der Waals surface area contributed by atoms with Crippen molar-refractivity contribution in [1.82, 2.24) is 15.6 Å². The monoisotopic (exact) mass is 539 g/mol. The molecule has 0 radical (unpaired) electrons. The minimum absolute atomic E-state index is 0.0466. The van der Waals surface area contributed by atoms with E-state index in [-0.39, 0.29) is 23.6 Å². The Morgan fingerprint density at radius 2 is 1.50 bits per heavy atom. The van der Waals surface area contributed by atoms with Crippen LogP contribution < -0.4 is 10.6 Å². The molecule has 38 heavy (non-hydrogen) atoms. The van der Waals surface area contributed by atoms with Gasteiger partial charge in [-0.3, -0.25) is 4.98 Å². The summed E-state index contributed by atoms with van der Waals surface area (Å²) in [6, 6.07) is 11.0. The molecule has 2 amide bonds. The van der Waals surface area contributed by atoms with Crippen molar-refractivity contribution in [3.05, 3.63) is 101 Å². The number of carbonyl (C=O) groups is 1. The van der Waals surface area contributed by atoms with Gasteiger partial charge >= 0.3 is 18.4 Å². The maximum Gasteiger partial charge on any atom is 0.433 e. The van der Waals surface area contributed by atoms with E-state index in [0.717, 1.165) is 31.2 Å². The summed E-state index contributed by atoms with van der Waals surface area (Å²) >= 11 is 0. The highest BCUT2D eigenvalue weighted by molar-refractivity contribution is 5.76. The summed E-state index contributed by atoms with van der Waals surface area (Å²) in [6.45, 7) is 0. The number of rotatable bonds is 6. The van der Waals surface area contributed by atoms with Crippen LogP contribution in [0.5, 0.6) is 0 Å². The van der Waals surface area contributed by atoms with Crippen LogP contribution in [-0.4, -0.2) is 17.1 Å². The molecule has 1 aromatic heterocycles. The lowest BCUT2D eigenvalue weighted by Gasteiger charge is -2.37. The lowest BCUT2D eigenvalue weighted by Crippen LogP contribution is -2.53. The van der Waals surface area contributed by atoms with Crippen LogP contribution in [0.4, 0.5) is 35.5 Å². The van der Waals surface area contributed by atoms with Crippen molar-refractivity contribution >= 4 is 6.03 Å². The summed E-state index contributed by atoms with van der Waals surface area (Å²) in [4.78, 5) is 16.7. The maximum absolute atomic E-state index is 14.6. The van der Waals surface area contributed by atoms with Crippen LogP contribution in [0.3, 0.4) is 0 Å². The highest BCUT2D eigenvalue weighted by atomic mass is 19.4. The second-order valence-corrected chi connectivity index (χ2v) is 9.30. The molecule has 0 unspecified atom stereocenters. The van der Waals surface area contributed by atoms with E-state index in [0.29, 0.717) is 36.6 Å². The molecule has 2 aromatic carbocycles. The first-order chi connectivity index (χ1) is 17.9. The molecular weight excluding hydrogens is 515 g/mol. The summed E-state index contributed by atoms with van der Waals surface area (Å²) in [6.07, 6.45) is -5.84. The lowest BCUT2D eigenvalue weighted by atomic mass is 9.78. The molecule has 1 fully saturated rings. The standard InChI is InChI=1S/C27H24F7N3O/c28-21-13-19(12-20(14-21)26(29,30)31)25(15-17-6-2-1-3-7-17,37-24(38)36-22-8-4-5-9-22)18-10-11-23(35-16-18)27(32,33)34/h1-3,6-7,10-14,16,22H,4-5,8-9,15H2,(H2,36,37,38)/t25-/m1/s1. The van der Waals surface area contributed by atoms with Crippen LogP contribution in [0.2, 0.25) is 0 Å². The highest BCUT2D eigenvalue weighted by Gasteiger charge is 2.41. The molecule has 2 N–H and O–H groups in total. The minimum Gasteiger partial charge on any atom is -0.335 e. The summed E-state index contributed by atoms with van der Waals surface area (Å²) in [5.74, 6) is -1.22. The predicted octanol–water partition coefficient (Wildman–Crippen LogP) is 6.99. The fraction of sp³-hybridized carbons (Fsp3) is 0.333. The topological polar surface area (TPSA) is 54.0 Å². The molecular formula is C27H24F7N3O. The van der Waals surface area contributed by atoms with Gasteiger partial charge in [-0.1, -0.05) is 49.2 Å². The summed E-state index contributed by atoms with van der Waals surface area (Å²) in [7, 11) is 0. The molecule has 1 heterocycles. The van der Waals surface area contributed by atoms with Crippen LogP contribution in [0.15, 0.2) is 66.9 Å². The molecule has 0 spiro atoms. The average Bonchev–Trinajstić information content (AvgIpc) is 3.36. The van der Waals surface area contributed by atoms with Crippen molar-refractivity contribution in [2.24, 2.45) is 0 Å². The first-order valence-corrected chi connectivity index (χ1v) is 11.9. The number of pyridine rings is 1. The summed E-state index contributed by atoms with van der Waals surface area (Å²) < 4.78 is 95.4. The van der Waals surface area contributed by atoms with Crippen molar-refractivity contribution in [2.45, 2.75) is 56.0 Å². The maximum atomic E-state index is 14.6. The van der Waals surface area contributed by atoms with Crippen molar-refractivity contribution in [3.8, 4) is 0 Å². The third-order valence-electron chi connectivity index (χ3n) is 6.59. The number of carbonyl (C=O) groups excluding carboxylic acids is 1. The number of halogens is 7. The zero-order valence-corrected chi connectivity index (χ0v) is 20.0. The van der Waals surface area contributed by atoms with Crippen molar-refractivity contribution < 1.29 is 35.5 Å². The number of hydrogen-bond donors (Lipinski definition) is 2. The van der Waals surface area contributed by atoms with Gasteiger partial charge in [-0.25, -0.2) is 9.18 Å². The number of aromatic nitrogens is 1. The van der Waals surface area contributed by atoms with Gasteiger partial charge in [-0.2, -0.15) is 26.3 Å². The Morgan fingerprint density at radius 1 is 0.842 bits per heavy atom. The normalized spacial score (nSPS) is 16.2. The Kier molecular flexibility index (Phi) is 7.66. The molecule has 4 nitrogen and oxygen atoms in total. The SMILES string of the molecule is O=C(NC1CCCC1)N[C@](Cc1ccccc1)(c1ccc(C(F)(F)F)nc1)c1cc(F)cc(C(F)(F)F)c1. The fourth-order valence-electron chi connectivity index (χ4n) is 4.76. The number of urea groups is 1. The molecule has 4 rings (SSSR count). The third-order valence-corrected chi connectivity index (χ3v) is 6.59. The highest BCUT2D eigenvalue weighted by Crippen LogP contribution is 2.39. The van der Waals surface area contributed by atoms with Gasteiger partial charge in [-0.15, -0.1) is 0 Å². The van der Waals surface area contributed by atoms with E-state index < -0.39 is 41.0 Å². The Labute approximate surface area is 214 Å². The number of alkyl halides is 6. The lowest BCUT2D eigenvalue weighted by molar-refractivity contribution is -0.141. The first-order valence-electron chi connectivity index (χ1n) is 11.9. The van der Waals surface area contributed by atoms with Gasteiger partial charge in [0.05, 0.1) is 11.1 Å².